The molecule has 3 heterocycles. The van der Waals surface area contributed by atoms with Crippen LogP contribution < -0.4 is 10.2 Å². The largest absolute Gasteiger partial charge is 0.352 e. The zero-order valence-electron chi connectivity index (χ0n) is 16.6. The van der Waals surface area contributed by atoms with Crippen molar-refractivity contribution in [3.63, 3.8) is 0 Å². The van der Waals surface area contributed by atoms with Crippen LogP contribution in [0, 0.1) is 18.3 Å². The number of aryl methyl sites for hydroxylation is 1. The van der Waals surface area contributed by atoms with Gasteiger partial charge in [-0.1, -0.05) is 12.1 Å². The fourth-order valence-corrected chi connectivity index (χ4v) is 3.28. The molecule has 8 nitrogen and oxygen atoms in total. The number of nitriles is 1. The first kappa shape index (κ1) is 19.3. The Labute approximate surface area is 174 Å². The van der Waals surface area contributed by atoms with E-state index in [2.05, 4.69) is 31.5 Å². The number of amides is 1. The Morgan fingerprint density at radius 3 is 2.50 bits per heavy atom. The number of hydrogen-bond donors (Lipinski definition) is 1. The standard InChI is InChI=1S/C22H21N7O/c1-16-5-6-19(24-15-16)25-20-7-8-21(27-26-20)28-9-11-29(12-10-28)22(30)18-4-2-3-17(13-18)14-23/h2-8,13,15H,9-12H2,1H3,(H,24,25,26). The maximum absolute atomic E-state index is 12.7. The van der Waals surface area contributed by atoms with Crippen molar-refractivity contribution in [3.8, 4) is 6.07 Å². The van der Waals surface area contributed by atoms with Crippen molar-refractivity contribution >= 4 is 23.4 Å². The fourth-order valence-electron chi connectivity index (χ4n) is 3.28. The van der Waals surface area contributed by atoms with Gasteiger partial charge >= 0.3 is 0 Å². The summed E-state index contributed by atoms with van der Waals surface area (Å²) in [6, 6.07) is 16.5. The second kappa shape index (κ2) is 8.57. The minimum atomic E-state index is -0.0528. The molecular formula is C22H21N7O. The lowest BCUT2D eigenvalue weighted by Crippen LogP contribution is -2.49. The van der Waals surface area contributed by atoms with Crippen LogP contribution in [0.2, 0.25) is 0 Å². The number of benzene rings is 1. The number of hydrogen-bond acceptors (Lipinski definition) is 7. The number of nitrogens with one attached hydrogen (secondary N) is 1. The van der Waals surface area contributed by atoms with Crippen LogP contribution in [0.5, 0.6) is 0 Å². The predicted molar refractivity (Wildman–Crippen MR) is 114 cm³/mol. The molecule has 4 rings (SSSR count). The SMILES string of the molecule is Cc1ccc(Nc2ccc(N3CCN(C(=O)c4cccc(C#N)c4)CC3)nn2)nc1. The molecule has 1 aliphatic rings. The highest BCUT2D eigenvalue weighted by Crippen LogP contribution is 2.18. The third-order valence-electron chi connectivity index (χ3n) is 4.95. The second-order valence-corrected chi connectivity index (χ2v) is 7.09. The van der Waals surface area contributed by atoms with Crippen LogP contribution >= 0.6 is 0 Å². The molecule has 0 radical (unpaired) electrons. The molecular weight excluding hydrogens is 378 g/mol. The van der Waals surface area contributed by atoms with E-state index in [0.29, 0.717) is 43.1 Å². The molecule has 8 heteroatoms. The monoisotopic (exact) mass is 399 g/mol. The highest BCUT2D eigenvalue weighted by molar-refractivity contribution is 5.94. The van der Waals surface area contributed by atoms with Crippen LogP contribution in [0.15, 0.2) is 54.7 Å². The molecule has 0 saturated carbocycles. The van der Waals surface area contributed by atoms with Crippen molar-refractivity contribution < 1.29 is 4.79 Å². The quantitative estimate of drug-likeness (QED) is 0.720. The Kier molecular flexibility index (Phi) is 5.52. The molecule has 2 aromatic heterocycles. The van der Waals surface area contributed by atoms with Crippen LogP contribution in [-0.2, 0) is 0 Å². The van der Waals surface area contributed by atoms with E-state index in [-0.39, 0.29) is 5.91 Å². The Balaban J connectivity index is 1.35. The topological polar surface area (TPSA) is 98.0 Å². The summed E-state index contributed by atoms with van der Waals surface area (Å²) in [5.74, 6) is 2.07. The highest BCUT2D eigenvalue weighted by atomic mass is 16.2. The van der Waals surface area contributed by atoms with Crippen LogP contribution in [0.1, 0.15) is 21.5 Å². The number of pyridine rings is 1. The first-order chi connectivity index (χ1) is 14.6. The summed E-state index contributed by atoms with van der Waals surface area (Å²) in [7, 11) is 0. The summed E-state index contributed by atoms with van der Waals surface area (Å²) in [4.78, 5) is 20.9. The van der Waals surface area contributed by atoms with Crippen molar-refractivity contribution in [2.24, 2.45) is 0 Å². The average molecular weight is 399 g/mol. The molecule has 1 aliphatic heterocycles. The number of piperazine rings is 1. The molecule has 1 N–H and O–H groups in total. The molecule has 0 atom stereocenters. The van der Waals surface area contributed by atoms with Crippen LogP contribution in [0.4, 0.5) is 17.5 Å². The molecule has 30 heavy (non-hydrogen) atoms. The smallest absolute Gasteiger partial charge is 0.254 e. The first-order valence-corrected chi connectivity index (χ1v) is 9.70. The molecule has 1 aromatic carbocycles. The summed E-state index contributed by atoms with van der Waals surface area (Å²) in [5.41, 5.74) is 2.13. The van der Waals surface area contributed by atoms with Gasteiger partial charge in [0, 0.05) is 37.9 Å². The van der Waals surface area contributed by atoms with Gasteiger partial charge in [-0.3, -0.25) is 4.79 Å². The van der Waals surface area contributed by atoms with Crippen LogP contribution in [0.3, 0.4) is 0 Å². The van der Waals surface area contributed by atoms with Crippen LogP contribution in [0.25, 0.3) is 0 Å². The molecule has 1 saturated heterocycles. The average Bonchev–Trinajstić information content (AvgIpc) is 2.81. The fraction of sp³-hybridized carbons (Fsp3) is 0.227. The Morgan fingerprint density at radius 2 is 1.83 bits per heavy atom. The normalized spacial score (nSPS) is 13.6. The van der Waals surface area contributed by atoms with Gasteiger partial charge in [0.25, 0.3) is 5.91 Å². The number of nitrogens with zero attached hydrogens (tertiary/aromatic N) is 6. The van der Waals surface area contributed by atoms with E-state index < -0.39 is 0 Å². The molecule has 0 bridgehead atoms. The van der Waals surface area contributed by atoms with Crippen molar-refractivity contribution in [2.45, 2.75) is 6.92 Å². The minimum Gasteiger partial charge on any atom is -0.352 e. The maximum Gasteiger partial charge on any atom is 0.254 e. The lowest BCUT2D eigenvalue weighted by Gasteiger charge is -2.35. The predicted octanol–water partition coefficient (Wildman–Crippen LogP) is 2.76. The van der Waals surface area contributed by atoms with Gasteiger partial charge in [-0.25, -0.2) is 4.98 Å². The lowest BCUT2D eigenvalue weighted by molar-refractivity contribution is 0.0746. The van der Waals surface area contributed by atoms with Crippen molar-refractivity contribution in [2.75, 3.05) is 36.4 Å². The van der Waals surface area contributed by atoms with E-state index in [0.717, 1.165) is 17.2 Å². The highest BCUT2D eigenvalue weighted by Gasteiger charge is 2.23. The summed E-state index contributed by atoms with van der Waals surface area (Å²) in [6.07, 6.45) is 1.79. The number of rotatable bonds is 4. The third-order valence-corrected chi connectivity index (χ3v) is 4.95. The van der Waals surface area contributed by atoms with Gasteiger partial charge in [-0.15, -0.1) is 10.2 Å². The first-order valence-electron chi connectivity index (χ1n) is 9.70. The van der Waals surface area contributed by atoms with Gasteiger partial charge in [-0.05, 0) is 48.9 Å². The molecule has 3 aromatic rings. The third kappa shape index (κ3) is 4.36. The van der Waals surface area contributed by atoms with Gasteiger partial charge in [0.2, 0.25) is 0 Å². The van der Waals surface area contributed by atoms with Gasteiger partial charge in [0.1, 0.15) is 5.82 Å². The van der Waals surface area contributed by atoms with Gasteiger partial charge in [0.15, 0.2) is 11.6 Å². The van der Waals surface area contributed by atoms with E-state index in [1.807, 2.05) is 31.2 Å². The van der Waals surface area contributed by atoms with E-state index in [1.165, 1.54) is 0 Å². The van der Waals surface area contributed by atoms with Gasteiger partial charge < -0.3 is 15.1 Å². The van der Waals surface area contributed by atoms with Gasteiger partial charge in [0.05, 0.1) is 11.6 Å². The summed E-state index contributed by atoms with van der Waals surface area (Å²) in [6.45, 7) is 4.51. The van der Waals surface area contributed by atoms with Crippen molar-refractivity contribution in [3.05, 3.63) is 71.4 Å². The number of aromatic nitrogens is 3. The van der Waals surface area contributed by atoms with E-state index in [9.17, 15) is 4.79 Å². The number of carbonyl (C=O) groups is 1. The molecule has 0 aliphatic carbocycles. The summed E-state index contributed by atoms with van der Waals surface area (Å²) in [5, 5.41) is 20.7. The zero-order valence-corrected chi connectivity index (χ0v) is 16.6. The molecule has 1 amide bonds. The zero-order chi connectivity index (χ0) is 20.9. The van der Waals surface area contributed by atoms with E-state index in [1.54, 1.807) is 35.4 Å². The van der Waals surface area contributed by atoms with Crippen LogP contribution in [-0.4, -0.2) is 52.2 Å². The summed E-state index contributed by atoms with van der Waals surface area (Å²) < 4.78 is 0. The number of anilines is 3. The summed E-state index contributed by atoms with van der Waals surface area (Å²) >= 11 is 0. The molecule has 1 fully saturated rings. The van der Waals surface area contributed by atoms with E-state index in [4.69, 9.17) is 5.26 Å². The molecule has 0 spiro atoms. The van der Waals surface area contributed by atoms with E-state index >= 15 is 0 Å². The maximum atomic E-state index is 12.7. The van der Waals surface area contributed by atoms with Crippen molar-refractivity contribution in [1.82, 2.24) is 20.1 Å². The molecule has 150 valence electrons. The van der Waals surface area contributed by atoms with Gasteiger partial charge in [-0.2, -0.15) is 5.26 Å². The number of carbonyl (C=O) groups excluding carboxylic acids is 1. The Bertz CT molecular complexity index is 1070. The van der Waals surface area contributed by atoms with Crippen molar-refractivity contribution in [1.29, 1.82) is 5.26 Å². The Hall–Kier alpha value is -3.99. The second-order valence-electron chi connectivity index (χ2n) is 7.09. The minimum absolute atomic E-state index is 0.0528. The Morgan fingerprint density at radius 1 is 1.03 bits per heavy atom. The lowest BCUT2D eigenvalue weighted by atomic mass is 10.1. The molecule has 0 unspecified atom stereocenters.